The third kappa shape index (κ3) is 4.45. The molecule has 88 valence electrons. The van der Waals surface area contributed by atoms with E-state index in [-0.39, 0.29) is 6.04 Å². The molecule has 0 aromatic heterocycles. The van der Waals surface area contributed by atoms with Crippen LogP contribution in [0.3, 0.4) is 0 Å². The van der Waals surface area contributed by atoms with Gasteiger partial charge in [0.25, 0.3) is 0 Å². The molecule has 16 heavy (non-hydrogen) atoms. The van der Waals surface area contributed by atoms with Crippen molar-refractivity contribution in [3.63, 3.8) is 0 Å². The molecule has 3 heteroatoms. The molecule has 0 saturated carbocycles. The van der Waals surface area contributed by atoms with Gasteiger partial charge in [0.2, 0.25) is 6.41 Å². The van der Waals surface area contributed by atoms with Crippen LogP contribution in [0.1, 0.15) is 25.8 Å². The number of carbonyl (C=O) groups is 1. The molecule has 1 amide bonds. The van der Waals surface area contributed by atoms with Crippen molar-refractivity contribution < 1.29 is 9.63 Å². The number of hydrogen-bond donors (Lipinski definition) is 0. The summed E-state index contributed by atoms with van der Waals surface area (Å²) in [5.74, 6) is 0. The van der Waals surface area contributed by atoms with Gasteiger partial charge in [-0.05, 0) is 32.3 Å². The van der Waals surface area contributed by atoms with Crippen molar-refractivity contribution in [1.82, 2.24) is 5.06 Å². The molecule has 0 aliphatic rings. The molecular formula is C13H19NO2. The Hall–Kier alpha value is -1.35. The van der Waals surface area contributed by atoms with Gasteiger partial charge in [-0.25, -0.2) is 5.06 Å². The minimum Gasteiger partial charge on any atom is -0.276 e. The average molecular weight is 221 g/mol. The van der Waals surface area contributed by atoms with Crippen molar-refractivity contribution >= 4 is 6.41 Å². The standard InChI is InChI=1S/C13H19NO2/c1-12(2)14(11-15)16-10-6-9-13-7-4-3-5-8-13/h3-5,7-8,11-12H,6,9-10H2,1-2H3. The van der Waals surface area contributed by atoms with E-state index in [1.54, 1.807) is 0 Å². The molecule has 0 unspecified atom stereocenters. The zero-order valence-electron chi connectivity index (χ0n) is 9.93. The summed E-state index contributed by atoms with van der Waals surface area (Å²) in [4.78, 5) is 16.0. The third-order valence-electron chi connectivity index (χ3n) is 2.31. The minimum absolute atomic E-state index is 0.0919. The highest BCUT2D eigenvalue weighted by molar-refractivity contribution is 5.45. The Morgan fingerprint density at radius 1 is 1.31 bits per heavy atom. The number of amides is 1. The van der Waals surface area contributed by atoms with Crippen LogP contribution in [0.15, 0.2) is 30.3 Å². The first-order chi connectivity index (χ1) is 7.74. The van der Waals surface area contributed by atoms with Crippen LogP contribution in [-0.4, -0.2) is 24.1 Å². The first kappa shape index (κ1) is 12.7. The summed E-state index contributed by atoms with van der Waals surface area (Å²) >= 11 is 0. The quantitative estimate of drug-likeness (QED) is 0.402. The lowest BCUT2D eigenvalue weighted by molar-refractivity contribution is -0.182. The monoisotopic (exact) mass is 221 g/mol. The van der Waals surface area contributed by atoms with Crippen LogP contribution >= 0.6 is 0 Å². The second-order valence-electron chi connectivity index (χ2n) is 3.98. The molecule has 1 aromatic carbocycles. The van der Waals surface area contributed by atoms with Gasteiger partial charge in [0.1, 0.15) is 0 Å². The van der Waals surface area contributed by atoms with Crippen molar-refractivity contribution in [3.05, 3.63) is 35.9 Å². The largest absolute Gasteiger partial charge is 0.276 e. The molecule has 0 aliphatic carbocycles. The van der Waals surface area contributed by atoms with Crippen molar-refractivity contribution in [2.45, 2.75) is 32.7 Å². The van der Waals surface area contributed by atoms with Gasteiger partial charge in [-0.15, -0.1) is 0 Å². The van der Waals surface area contributed by atoms with E-state index in [4.69, 9.17) is 4.84 Å². The summed E-state index contributed by atoms with van der Waals surface area (Å²) in [6.07, 6.45) is 2.62. The average Bonchev–Trinajstić information content (AvgIpc) is 2.30. The Morgan fingerprint density at radius 2 is 2.00 bits per heavy atom. The first-order valence-corrected chi connectivity index (χ1v) is 5.64. The summed E-state index contributed by atoms with van der Waals surface area (Å²) in [7, 11) is 0. The second-order valence-corrected chi connectivity index (χ2v) is 3.98. The lowest BCUT2D eigenvalue weighted by atomic mass is 10.1. The number of benzene rings is 1. The molecule has 1 rings (SSSR count). The second kappa shape index (κ2) is 7.01. The summed E-state index contributed by atoms with van der Waals surface area (Å²) in [5.41, 5.74) is 1.30. The minimum atomic E-state index is 0.0919. The lowest BCUT2D eigenvalue weighted by Gasteiger charge is -2.20. The fraction of sp³-hybridized carbons (Fsp3) is 0.462. The molecule has 0 heterocycles. The van der Waals surface area contributed by atoms with Crippen LogP contribution in [0.5, 0.6) is 0 Å². The third-order valence-corrected chi connectivity index (χ3v) is 2.31. The van der Waals surface area contributed by atoms with Gasteiger partial charge in [0.05, 0.1) is 12.6 Å². The van der Waals surface area contributed by atoms with E-state index in [0.29, 0.717) is 6.61 Å². The number of rotatable bonds is 7. The Bertz CT molecular complexity index is 298. The van der Waals surface area contributed by atoms with Crippen LogP contribution in [-0.2, 0) is 16.1 Å². The maximum Gasteiger partial charge on any atom is 0.233 e. The van der Waals surface area contributed by atoms with Crippen molar-refractivity contribution in [2.75, 3.05) is 6.61 Å². The van der Waals surface area contributed by atoms with E-state index in [0.717, 1.165) is 19.3 Å². The number of aryl methyl sites for hydroxylation is 1. The molecule has 0 fully saturated rings. The topological polar surface area (TPSA) is 29.5 Å². The highest BCUT2D eigenvalue weighted by Gasteiger charge is 2.05. The van der Waals surface area contributed by atoms with Gasteiger partial charge in [0.15, 0.2) is 0 Å². The molecule has 0 radical (unpaired) electrons. The van der Waals surface area contributed by atoms with E-state index in [1.807, 2.05) is 32.0 Å². The number of hydrogen-bond acceptors (Lipinski definition) is 2. The van der Waals surface area contributed by atoms with E-state index < -0.39 is 0 Å². The molecular weight excluding hydrogens is 202 g/mol. The van der Waals surface area contributed by atoms with Crippen LogP contribution in [0.4, 0.5) is 0 Å². The molecule has 0 N–H and O–H groups in total. The SMILES string of the molecule is CC(C)N(C=O)OCCCc1ccccc1. The maximum absolute atomic E-state index is 10.6. The number of hydroxylamine groups is 2. The fourth-order valence-electron chi connectivity index (χ4n) is 1.39. The molecule has 3 nitrogen and oxygen atoms in total. The van der Waals surface area contributed by atoms with Gasteiger partial charge >= 0.3 is 0 Å². The normalized spacial score (nSPS) is 10.4. The molecule has 0 atom stereocenters. The predicted molar refractivity (Wildman–Crippen MR) is 63.8 cm³/mol. The Balaban J connectivity index is 2.19. The molecule has 0 bridgehead atoms. The van der Waals surface area contributed by atoms with Gasteiger partial charge in [-0.1, -0.05) is 30.3 Å². The molecule has 0 aliphatic heterocycles. The molecule has 0 spiro atoms. The highest BCUT2D eigenvalue weighted by atomic mass is 16.7. The Labute approximate surface area is 97.0 Å². The lowest BCUT2D eigenvalue weighted by Crippen LogP contribution is -2.30. The van der Waals surface area contributed by atoms with Crippen LogP contribution in [0, 0.1) is 0 Å². The molecule has 0 saturated heterocycles. The van der Waals surface area contributed by atoms with Gasteiger partial charge in [0, 0.05) is 0 Å². The first-order valence-electron chi connectivity index (χ1n) is 5.64. The number of carbonyl (C=O) groups excluding carboxylic acids is 1. The van der Waals surface area contributed by atoms with Gasteiger partial charge in [-0.2, -0.15) is 0 Å². The Kier molecular flexibility index (Phi) is 5.57. The predicted octanol–water partition coefficient (Wildman–Crippen LogP) is 2.42. The van der Waals surface area contributed by atoms with Crippen LogP contribution in [0.2, 0.25) is 0 Å². The Morgan fingerprint density at radius 3 is 2.56 bits per heavy atom. The van der Waals surface area contributed by atoms with Gasteiger partial charge < -0.3 is 0 Å². The molecule has 1 aromatic rings. The highest BCUT2D eigenvalue weighted by Crippen LogP contribution is 2.03. The summed E-state index contributed by atoms with van der Waals surface area (Å²) < 4.78 is 0. The smallest absolute Gasteiger partial charge is 0.233 e. The van der Waals surface area contributed by atoms with Crippen LogP contribution in [0.25, 0.3) is 0 Å². The zero-order chi connectivity index (χ0) is 11.8. The van der Waals surface area contributed by atoms with E-state index in [2.05, 4.69) is 12.1 Å². The number of nitrogens with zero attached hydrogens (tertiary/aromatic N) is 1. The fourth-order valence-corrected chi connectivity index (χ4v) is 1.39. The summed E-state index contributed by atoms with van der Waals surface area (Å²) in [6.45, 7) is 4.42. The summed E-state index contributed by atoms with van der Waals surface area (Å²) in [5, 5.41) is 1.35. The summed E-state index contributed by atoms with van der Waals surface area (Å²) in [6, 6.07) is 10.4. The van der Waals surface area contributed by atoms with Gasteiger partial charge in [-0.3, -0.25) is 9.63 Å². The van der Waals surface area contributed by atoms with Crippen LogP contribution < -0.4 is 0 Å². The van der Waals surface area contributed by atoms with E-state index in [9.17, 15) is 4.79 Å². The van der Waals surface area contributed by atoms with E-state index >= 15 is 0 Å². The zero-order valence-corrected chi connectivity index (χ0v) is 9.93. The van der Waals surface area contributed by atoms with Crippen molar-refractivity contribution in [1.29, 1.82) is 0 Å². The van der Waals surface area contributed by atoms with E-state index in [1.165, 1.54) is 10.6 Å². The van der Waals surface area contributed by atoms with Crippen molar-refractivity contribution in [2.24, 2.45) is 0 Å². The van der Waals surface area contributed by atoms with Crippen molar-refractivity contribution in [3.8, 4) is 0 Å². The maximum atomic E-state index is 10.6.